The molecule has 0 radical (unpaired) electrons. The van der Waals surface area contributed by atoms with Crippen LogP contribution in [0.1, 0.15) is 124 Å². The molecule has 5 rings (SSSR count). The summed E-state index contributed by atoms with van der Waals surface area (Å²) < 4.78 is 50.6. The van der Waals surface area contributed by atoms with Crippen LogP contribution in [0.25, 0.3) is 0 Å². The zero-order valence-electron chi connectivity index (χ0n) is 44.6. The summed E-state index contributed by atoms with van der Waals surface area (Å²) in [7, 11) is 3.36. The van der Waals surface area contributed by atoms with E-state index in [0.29, 0.717) is 50.3 Å². The van der Waals surface area contributed by atoms with Crippen molar-refractivity contribution in [1.82, 2.24) is 19.9 Å². The molecule has 0 aliphatic carbocycles. The third-order valence-electron chi connectivity index (χ3n) is 15.2. The number of hydrogen-bond donors (Lipinski definition) is 5. The number of aromatic nitrogens is 3. The molecule has 1 aromatic carbocycles. The van der Waals surface area contributed by atoms with Crippen LogP contribution in [0.15, 0.2) is 30.5 Å². The Bertz CT molecular complexity index is 2070. The van der Waals surface area contributed by atoms with Gasteiger partial charge in [-0.15, -0.1) is 5.10 Å². The number of nitrogens with zero attached hydrogens (tertiary/aromatic N) is 4. The van der Waals surface area contributed by atoms with Crippen LogP contribution in [0.4, 0.5) is 0 Å². The minimum absolute atomic E-state index is 0.0559. The summed E-state index contributed by atoms with van der Waals surface area (Å²) in [5.41, 5.74) is -3.92. The molecule has 0 bridgehead atoms. The van der Waals surface area contributed by atoms with Gasteiger partial charge in [0.25, 0.3) is 0 Å². The van der Waals surface area contributed by atoms with E-state index in [1.54, 1.807) is 77.4 Å². The molecule has 72 heavy (non-hydrogen) atoms. The van der Waals surface area contributed by atoms with Gasteiger partial charge in [0.15, 0.2) is 12.6 Å². The molecule has 0 unspecified atom stereocenters. The molecule has 1 aromatic heterocycles. The molecule has 5 N–H and O–H groups in total. The quantitative estimate of drug-likeness (QED) is 0.112. The van der Waals surface area contributed by atoms with Crippen molar-refractivity contribution in [2.24, 2.45) is 23.7 Å². The van der Waals surface area contributed by atoms with Gasteiger partial charge in [-0.2, -0.15) is 0 Å². The summed E-state index contributed by atoms with van der Waals surface area (Å²) in [6, 6.07) is 6.45. The Morgan fingerprint density at radius 1 is 0.944 bits per heavy atom. The van der Waals surface area contributed by atoms with Crippen molar-refractivity contribution in [3.8, 4) is 5.75 Å². The van der Waals surface area contributed by atoms with E-state index in [0.717, 1.165) is 5.69 Å². The summed E-state index contributed by atoms with van der Waals surface area (Å²) in [4.78, 5) is 42.8. The fourth-order valence-electron chi connectivity index (χ4n) is 10.7. The number of carbonyl (C=O) groups excluding carboxylic acids is 3. The SMILES string of the molecule is CCOC(=O)c1ccccc1OCCCn1cc(CCN(C)[C@H]2C[C@@H](C)O[C@@H](O[C@@H]3[C@@H](C)[C@H](O[C@H]4C[C@@](C)(OC)[C@@H](O)[C@H](C)O4)[C@@H](C)C(=O)O[C@H](CC)[C@@](C)(O)[C@H](O)[C@@H](C)C(=O)[C@H](C)C[C@@]3(C)O)[C@@H]2O)nn1. The van der Waals surface area contributed by atoms with Gasteiger partial charge in [0.05, 0.1) is 66.5 Å². The number of esters is 2. The molecule has 408 valence electrons. The summed E-state index contributed by atoms with van der Waals surface area (Å²) >= 11 is 0. The van der Waals surface area contributed by atoms with Gasteiger partial charge in [0, 0.05) is 69.5 Å². The van der Waals surface area contributed by atoms with Crippen LogP contribution >= 0.6 is 0 Å². The highest BCUT2D eigenvalue weighted by Crippen LogP contribution is 2.41. The fraction of sp³-hybridized carbons (Fsp3) is 0.788. The van der Waals surface area contributed by atoms with Gasteiger partial charge < -0.3 is 68.3 Å². The van der Waals surface area contributed by atoms with Crippen LogP contribution in [-0.2, 0) is 55.7 Å². The summed E-state index contributed by atoms with van der Waals surface area (Å²) in [5.74, 6) is -5.28. The summed E-state index contributed by atoms with van der Waals surface area (Å²) in [5, 5.41) is 67.8. The van der Waals surface area contributed by atoms with E-state index in [1.807, 2.05) is 25.1 Å². The van der Waals surface area contributed by atoms with Crippen LogP contribution in [0, 0.1) is 23.7 Å². The predicted octanol–water partition coefficient (Wildman–Crippen LogP) is 3.64. The molecule has 2 aromatic rings. The second-order valence-electron chi connectivity index (χ2n) is 21.1. The van der Waals surface area contributed by atoms with Gasteiger partial charge >= 0.3 is 11.9 Å². The maximum Gasteiger partial charge on any atom is 0.341 e. The van der Waals surface area contributed by atoms with Crippen LogP contribution < -0.4 is 4.74 Å². The molecule has 20 heteroatoms. The number of para-hydroxylation sites is 1. The van der Waals surface area contributed by atoms with Gasteiger partial charge in [0.2, 0.25) is 0 Å². The number of hydrogen-bond acceptors (Lipinski definition) is 19. The average molecular weight is 1020 g/mol. The maximum atomic E-state index is 14.4. The Kier molecular flexibility index (Phi) is 20.8. The van der Waals surface area contributed by atoms with E-state index in [4.69, 9.17) is 37.9 Å². The minimum atomic E-state index is -2.04. The first-order chi connectivity index (χ1) is 33.8. The minimum Gasteiger partial charge on any atom is -0.493 e. The molecule has 3 aliphatic rings. The highest BCUT2D eigenvalue weighted by molar-refractivity contribution is 5.92. The number of likely N-dealkylation sites (N-methyl/N-ethyl adjacent to an activating group) is 1. The van der Waals surface area contributed by atoms with Gasteiger partial charge in [-0.25, -0.2) is 4.79 Å². The van der Waals surface area contributed by atoms with E-state index in [1.165, 1.54) is 27.9 Å². The third-order valence-corrected chi connectivity index (χ3v) is 15.2. The van der Waals surface area contributed by atoms with Crippen LogP contribution in [0.2, 0.25) is 0 Å². The number of aliphatic hydroxyl groups is 5. The topological polar surface area (TPSA) is 260 Å². The maximum absolute atomic E-state index is 14.4. The average Bonchev–Trinajstić information content (AvgIpc) is 3.80. The molecule has 3 saturated heterocycles. The molecule has 3 aliphatic heterocycles. The number of aryl methyl sites for hydroxylation is 1. The first-order valence-corrected chi connectivity index (χ1v) is 25.7. The normalized spacial score (nSPS) is 38.5. The molecular formula is C52H84N4O16. The second kappa shape index (κ2) is 25.2. The van der Waals surface area contributed by atoms with E-state index in [2.05, 4.69) is 10.3 Å². The molecule has 4 heterocycles. The number of ketones is 1. The monoisotopic (exact) mass is 1020 g/mol. The smallest absolute Gasteiger partial charge is 0.341 e. The zero-order chi connectivity index (χ0) is 53.5. The number of carbonyl (C=O) groups is 3. The Hall–Kier alpha value is -3.67. The van der Waals surface area contributed by atoms with E-state index in [9.17, 15) is 39.9 Å². The van der Waals surface area contributed by atoms with E-state index in [-0.39, 0.29) is 25.9 Å². The van der Waals surface area contributed by atoms with Crippen molar-refractivity contribution in [2.75, 3.05) is 33.9 Å². The molecule has 0 saturated carbocycles. The van der Waals surface area contributed by atoms with Gasteiger partial charge in [-0.1, -0.05) is 45.0 Å². The summed E-state index contributed by atoms with van der Waals surface area (Å²) in [6.45, 7) is 19.6. The Balaban J connectivity index is 1.37. The molecule has 20 nitrogen and oxygen atoms in total. The molecule has 0 amide bonds. The largest absolute Gasteiger partial charge is 0.493 e. The first kappa shape index (κ1) is 59.2. The number of ether oxygens (including phenoxy) is 8. The zero-order valence-corrected chi connectivity index (χ0v) is 44.6. The van der Waals surface area contributed by atoms with Crippen molar-refractivity contribution >= 4 is 17.7 Å². The van der Waals surface area contributed by atoms with Crippen LogP contribution in [-0.4, -0.2) is 181 Å². The van der Waals surface area contributed by atoms with Crippen LogP contribution in [0.3, 0.4) is 0 Å². The standard InChI is InChI=1S/C52H84N4O16/c1-14-39-52(11,64)44(59)31(5)41(57)29(3)26-50(9,63)46(32(6)43(33(7)47(61)70-39)71-40-27-51(10,65-13)45(60)34(8)69-40)72-49-42(58)37(25-30(4)68-49)55(12)23-21-35-28-56(54-53-35)22-18-24-67-38-20-17-16-19-36(38)48(62)66-15-2/h16-17,19-20,28-34,37,39-40,42-46,49,58-60,63-64H,14-15,18,21-27H2,1-13H3/t29-,30-,31+,32+,33-,34+,37+,39-,40+,42-,43+,44-,45+,46-,49+,50-,51-,52-/m1/s1. The lowest BCUT2D eigenvalue weighted by molar-refractivity contribution is -0.318. The number of methoxy groups -OCH3 is 1. The lowest BCUT2D eigenvalue weighted by atomic mass is 9.74. The van der Waals surface area contributed by atoms with E-state index >= 15 is 0 Å². The Morgan fingerprint density at radius 3 is 2.31 bits per heavy atom. The number of benzene rings is 1. The lowest BCUT2D eigenvalue weighted by Gasteiger charge is -2.49. The number of aliphatic hydroxyl groups excluding tert-OH is 3. The Labute approximate surface area is 424 Å². The molecular weight excluding hydrogens is 937 g/mol. The van der Waals surface area contributed by atoms with Gasteiger partial charge in [-0.05, 0) is 86.9 Å². The summed E-state index contributed by atoms with van der Waals surface area (Å²) in [6.07, 6.45) is -7.73. The van der Waals surface area contributed by atoms with Gasteiger partial charge in [-0.3, -0.25) is 14.3 Å². The van der Waals surface area contributed by atoms with Crippen molar-refractivity contribution in [1.29, 1.82) is 0 Å². The van der Waals surface area contributed by atoms with E-state index < -0.39 is 126 Å². The third kappa shape index (κ3) is 14.0. The second-order valence-corrected chi connectivity index (χ2v) is 21.1. The Morgan fingerprint density at radius 2 is 1.64 bits per heavy atom. The first-order valence-electron chi connectivity index (χ1n) is 25.7. The van der Waals surface area contributed by atoms with Gasteiger partial charge in [0.1, 0.15) is 41.0 Å². The van der Waals surface area contributed by atoms with Crippen molar-refractivity contribution < 1.29 is 77.8 Å². The number of cyclic esters (lactones) is 1. The fourth-order valence-corrected chi connectivity index (χ4v) is 10.7. The van der Waals surface area contributed by atoms with Crippen molar-refractivity contribution in [3.63, 3.8) is 0 Å². The number of rotatable bonds is 17. The van der Waals surface area contributed by atoms with Crippen molar-refractivity contribution in [2.45, 2.75) is 205 Å². The van der Waals surface area contributed by atoms with Crippen LogP contribution in [0.5, 0.6) is 5.75 Å². The predicted molar refractivity (Wildman–Crippen MR) is 261 cm³/mol. The highest BCUT2D eigenvalue weighted by atomic mass is 16.7. The highest BCUT2D eigenvalue weighted by Gasteiger charge is 2.53. The lowest BCUT2D eigenvalue weighted by Crippen LogP contribution is -2.61. The number of Topliss-reactive ketones (excluding diaryl/α,β-unsaturated/α-hetero) is 1. The molecule has 0 spiro atoms. The van der Waals surface area contributed by atoms with Crippen molar-refractivity contribution in [3.05, 3.63) is 41.7 Å². The molecule has 18 atom stereocenters. The molecule has 3 fully saturated rings.